The number of halogens is 1. The third-order valence-electron chi connectivity index (χ3n) is 4.81. The molecule has 0 spiro atoms. The number of fused-ring (bicyclic) bond motifs is 1. The summed E-state index contributed by atoms with van der Waals surface area (Å²) in [5, 5.41) is 4.71. The van der Waals surface area contributed by atoms with Crippen molar-refractivity contribution in [1.29, 1.82) is 0 Å². The summed E-state index contributed by atoms with van der Waals surface area (Å²) < 4.78 is 21.9. The highest BCUT2D eigenvalue weighted by atomic mass is 32.1. The molecule has 4 rings (SSSR count). The van der Waals surface area contributed by atoms with E-state index in [1.807, 2.05) is 13.0 Å². The number of benzene rings is 1. The first kappa shape index (κ1) is 19.0. The van der Waals surface area contributed by atoms with E-state index < -0.39 is 0 Å². The van der Waals surface area contributed by atoms with Crippen molar-refractivity contribution in [2.75, 3.05) is 44.3 Å². The van der Waals surface area contributed by atoms with Gasteiger partial charge in [0.2, 0.25) is 0 Å². The highest BCUT2D eigenvalue weighted by Gasteiger charge is 2.25. The molecule has 1 saturated heterocycles. The van der Waals surface area contributed by atoms with E-state index in [1.165, 1.54) is 17.4 Å². The Balaban J connectivity index is 1.65. The number of hydrogen-bond acceptors (Lipinski definition) is 6. The summed E-state index contributed by atoms with van der Waals surface area (Å²) in [4.78, 5) is 21.7. The molecule has 1 aliphatic rings. The Bertz CT molecular complexity index is 966. The molecule has 1 aliphatic heterocycles. The van der Waals surface area contributed by atoms with Crippen LogP contribution in [0, 0.1) is 5.82 Å². The Morgan fingerprint density at radius 3 is 2.89 bits per heavy atom. The first-order valence-electron chi connectivity index (χ1n) is 9.36. The maximum atomic E-state index is 14.1. The van der Waals surface area contributed by atoms with Crippen molar-refractivity contribution in [2.24, 2.45) is 0 Å². The van der Waals surface area contributed by atoms with Gasteiger partial charge >= 0.3 is 0 Å². The topological polar surface area (TPSA) is 63.5 Å². The van der Waals surface area contributed by atoms with Gasteiger partial charge in [0.15, 0.2) is 5.13 Å². The molecule has 0 N–H and O–H groups in total. The molecule has 0 atom stereocenters. The van der Waals surface area contributed by atoms with Crippen LogP contribution in [-0.2, 0) is 11.3 Å². The molecule has 0 radical (unpaired) electrons. The lowest BCUT2D eigenvalue weighted by Crippen LogP contribution is -2.43. The minimum atomic E-state index is -0.376. The number of anilines is 1. The van der Waals surface area contributed by atoms with Crippen molar-refractivity contribution in [3.63, 3.8) is 0 Å². The third-order valence-corrected chi connectivity index (χ3v) is 5.86. The van der Waals surface area contributed by atoms with Gasteiger partial charge in [-0.05, 0) is 25.1 Å². The van der Waals surface area contributed by atoms with Crippen molar-refractivity contribution < 1.29 is 13.9 Å². The minimum absolute atomic E-state index is 0.174. The second kappa shape index (κ2) is 8.34. The quantitative estimate of drug-likeness (QED) is 0.633. The van der Waals surface area contributed by atoms with Crippen LogP contribution < -0.4 is 4.90 Å². The second-order valence-corrected chi connectivity index (χ2v) is 7.54. The number of aryl methyl sites for hydroxylation is 1. The Kier molecular flexibility index (Phi) is 5.65. The van der Waals surface area contributed by atoms with Crippen LogP contribution in [0.2, 0.25) is 0 Å². The van der Waals surface area contributed by atoms with Gasteiger partial charge < -0.3 is 4.74 Å². The summed E-state index contributed by atoms with van der Waals surface area (Å²) in [6.07, 6.45) is 1.62. The molecular weight excluding hydrogens is 381 g/mol. The van der Waals surface area contributed by atoms with Gasteiger partial charge in [-0.15, -0.1) is 0 Å². The summed E-state index contributed by atoms with van der Waals surface area (Å²) in [5.74, 6) is -0.550. The van der Waals surface area contributed by atoms with Gasteiger partial charge in [-0.2, -0.15) is 5.10 Å². The van der Waals surface area contributed by atoms with E-state index in [1.54, 1.807) is 27.9 Å². The number of amides is 1. The normalized spacial score (nSPS) is 15.2. The van der Waals surface area contributed by atoms with Gasteiger partial charge in [-0.1, -0.05) is 17.4 Å². The Morgan fingerprint density at radius 2 is 2.14 bits per heavy atom. The van der Waals surface area contributed by atoms with Crippen molar-refractivity contribution in [3.8, 4) is 0 Å². The molecule has 1 amide bonds. The number of thiazole rings is 1. The van der Waals surface area contributed by atoms with Crippen LogP contribution in [-0.4, -0.2) is 65.0 Å². The molecule has 28 heavy (non-hydrogen) atoms. The molecule has 0 unspecified atom stereocenters. The van der Waals surface area contributed by atoms with Crippen molar-refractivity contribution >= 4 is 32.6 Å². The minimum Gasteiger partial charge on any atom is -0.379 e. The van der Waals surface area contributed by atoms with Crippen LogP contribution >= 0.6 is 11.3 Å². The number of morpholine rings is 1. The lowest BCUT2D eigenvalue weighted by atomic mass is 10.3. The lowest BCUT2D eigenvalue weighted by molar-refractivity contribution is 0.0391. The molecule has 1 aromatic carbocycles. The number of rotatable bonds is 6. The first-order valence-corrected chi connectivity index (χ1v) is 10.2. The molecule has 7 nitrogen and oxygen atoms in total. The van der Waals surface area contributed by atoms with E-state index in [4.69, 9.17) is 4.74 Å². The first-order chi connectivity index (χ1) is 13.7. The van der Waals surface area contributed by atoms with Gasteiger partial charge in [0.1, 0.15) is 17.0 Å². The third kappa shape index (κ3) is 3.78. The molecule has 9 heteroatoms. The zero-order chi connectivity index (χ0) is 19.5. The molecule has 0 aliphatic carbocycles. The average molecular weight is 403 g/mol. The van der Waals surface area contributed by atoms with Gasteiger partial charge in [-0.25, -0.2) is 9.37 Å². The smallest absolute Gasteiger partial charge is 0.278 e. The molecule has 0 bridgehead atoms. The standard InChI is InChI=1S/C19H22FN5O2S/c1-2-25-15(6-7-21-25)18(26)24(9-8-23-10-12-27-13-11-23)19-22-17-14(20)4-3-5-16(17)28-19/h3-7H,2,8-13H2,1H3. The number of aromatic nitrogens is 3. The fourth-order valence-corrected chi connectivity index (χ4v) is 4.28. The monoisotopic (exact) mass is 403 g/mol. The zero-order valence-electron chi connectivity index (χ0n) is 15.7. The summed E-state index contributed by atoms with van der Waals surface area (Å²) in [7, 11) is 0. The molecule has 3 heterocycles. The van der Waals surface area contributed by atoms with Crippen molar-refractivity contribution in [1.82, 2.24) is 19.7 Å². The molecule has 148 valence electrons. The summed E-state index contributed by atoms with van der Waals surface area (Å²) in [5.41, 5.74) is 0.805. The van der Waals surface area contributed by atoms with E-state index in [0.717, 1.165) is 17.8 Å². The summed E-state index contributed by atoms with van der Waals surface area (Å²) in [6.45, 7) is 6.77. The molecule has 2 aromatic heterocycles. The Labute approximate surface area is 166 Å². The van der Waals surface area contributed by atoms with E-state index in [0.29, 0.717) is 49.2 Å². The molecule has 0 saturated carbocycles. The number of para-hydroxylation sites is 1. The number of carbonyl (C=O) groups excluding carboxylic acids is 1. The zero-order valence-corrected chi connectivity index (χ0v) is 16.5. The average Bonchev–Trinajstić information content (AvgIpc) is 3.36. The molecule has 3 aromatic rings. The van der Waals surface area contributed by atoms with Crippen molar-refractivity contribution in [2.45, 2.75) is 13.5 Å². The lowest BCUT2D eigenvalue weighted by Gasteiger charge is -2.29. The highest BCUT2D eigenvalue weighted by molar-refractivity contribution is 7.22. The van der Waals surface area contributed by atoms with Crippen LogP contribution in [0.1, 0.15) is 17.4 Å². The van der Waals surface area contributed by atoms with Crippen LogP contribution in [0.4, 0.5) is 9.52 Å². The predicted molar refractivity (Wildman–Crippen MR) is 106 cm³/mol. The van der Waals surface area contributed by atoms with E-state index in [9.17, 15) is 9.18 Å². The Hall–Kier alpha value is -2.36. The predicted octanol–water partition coefficient (Wildman–Crippen LogP) is 2.63. The van der Waals surface area contributed by atoms with Crippen LogP contribution in [0.15, 0.2) is 30.5 Å². The molecule has 1 fully saturated rings. The second-order valence-electron chi connectivity index (χ2n) is 6.53. The van der Waals surface area contributed by atoms with E-state index in [-0.39, 0.29) is 11.7 Å². The SMILES string of the molecule is CCn1nccc1C(=O)N(CCN1CCOCC1)c1nc2c(F)cccc2s1. The van der Waals surface area contributed by atoms with Crippen LogP contribution in [0.3, 0.4) is 0 Å². The number of hydrogen-bond donors (Lipinski definition) is 0. The van der Waals surface area contributed by atoms with Gasteiger partial charge in [0, 0.05) is 38.9 Å². The van der Waals surface area contributed by atoms with E-state index >= 15 is 0 Å². The summed E-state index contributed by atoms with van der Waals surface area (Å²) in [6, 6.07) is 6.57. The summed E-state index contributed by atoms with van der Waals surface area (Å²) >= 11 is 1.33. The van der Waals surface area contributed by atoms with E-state index in [2.05, 4.69) is 15.0 Å². The van der Waals surface area contributed by atoms with Crippen LogP contribution in [0.5, 0.6) is 0 Å². The van der Waals surface area contributed by atoms with Gasteiger partial charge in [0.05, 0.1) is 17.9 Å². The van der Waals surface area contributed by atoms with Gasteiger partial charge in [0.25, 0.3) is 5.91 Å². The molecular formula is C19H22FN5O2S. The maximum Gasteiger partial charge on any atom is 0.278 e. The van der Waals surface area contributed by atoms with Gasteiger partial charge in [-0.3, -0.25) is 19.3 Å². The number of carbonyl (C=O) groups is 1. The fraction of sp³-hybridized carbons (Fsp3) is 0.421. The largest absolute Gasteiger partial charge is 0.379 e. The maximum absolute atomic E-state index is 14.1. The Morgan fingerprint density at radius 1 is 1.32 bits per heavy atom. The van der Waals surface area contributed by atoms with Crippen molar-refractivity contribution in [3.05, 3.63) is 42.0 Å². The number of nitrogens with zero attached hydrogens (tertiary/aromatic N) is 5. The fourth-order valence-electron chi connectivity index (χ4n) is 3.27. The van der Waals surface area contributed by atoms with Crippen LogP contribution in [0.25, 0.3) is 10.2 Å². The highest BCUT2D eigenvalue weighted by Crippen LogP contribution is 2.31. The number of ether oxygens (including phenoxy) is 1.